The second-order valence-electron chi connectivity index (χ2n) is 5.84. The molecule has 0 radical (unpaired) electrons. The lowest BCUT2D eigenvalue weighted by atomic mass is 9.99. The van der Waals surface area contributed by atoms with Gasteiger partial charge in [-0.25, -0.2) is 0 Å². The smallest absolute Gasteiger partial charge is 0.241 e. The summed E-state index contributed by atoms with van der Waals surface area (Å²) >= 11 is 0. The SMILES string of the molecule is CCCC1NC(C(C)CC)C(=O)N1CC(C)CC. The molecule has 106 valence electrons. The highest BCUT2D eigenvalue weighted by atomic mass is 16.2. The summed E-state index contributed by atoms with van der Waals surface area (Å²) < 4.78 is 0. The van der Waals surface area contributed by atoms with Crippen molar-refractivity contribution in [1.82, 2.24) is 10.2 Å². The lowest BCUT2D eigenvalue weighted by molar-refractivity contribution is -0.131. The molecule has 0 aromatic carbocycles. The van der Waals surface area contributed by atoms with Gasteiger partial charge in [-0.2, -0.15) is 0 Å². The van der Waals surface area contributed by atoms with Crippen LogP contribution in [-0.4, -0.2) is 29.6 Å². The number of nitrogens with one attached hydrogen (secondary N) is 1. The van der Waals surface area contributed by atoms with Crippen LogP contribution >= 0.6 is 0 Å². The number of rotatable bonds is 7. The summed E-state index contributed by atoms with van der Waals surface area (Å²) in [6.45, 7) is 11.8. The first kappa shape index (κ1) is 15.5. The van der Waals surface area contributed by atoms with Gasteiger partial charge in [-0.15, -0.1) is 0 Å². The van der Waals surface area contributed by atoms with Crippen LogP contribution in [0.5, 0.6) is 0 Å². The Balaban J connectivity index is 2.74. The third-order valence-electron chi connectivity index (χ3n) is 4.28. The highest BCUT2D eigenvalue weighted by molar-refractivity contribution is 5.84. The van der Waals surface area contributed by atoms with Gasteiger partial charge < -0.3 is 4.90 Å². The van der Waals surface area contributed by atoms with Crippen LogP contribution in [0.25, 0.3) is 0 Å². The quantitative estimate of drug-likeness (QED) is 0.757. The van der Waals surface area contributed by atoms with Gasteiger partial charge in [0.15, 0.2) is 0 Å². The maximum absolute atomic E-state index is 12.5. The first-order valence-electron chi connectivity index (χ1n) is 7.61. The number of hydrogen-bond donors (Lipinski definition) is 1. The van der Waals surface area contributed by atoms with Crippen LogP contribution < -0.4 is 5.32 Å². The van der Waals surface area contributed by atoms with Gasteiger partial charge in [0.05, 0.1) is 12.2 Å². The molecule has 0 aliphatic carbocycles. The van der Waals surface area contributed by atoms with Crippen LogP contribution in [0.2, 0.25) is 0 Å². The molecule has 3 heteroatoms. The van der Waals surface area contributed by atoms with Gasteiger partial charge in [0.2, 0.25) is 5.91 Å². The second-order valence-corrected chi connectivity index (χ2v) is 5.84. The van der Waals surface area contributed by atoms with E-state index in [1.165, 1.54) is 0 Å². The second kappa shape index (κ2) is 7.13. The summed E-state index contributed by atoms with van der Waals surface area (Å²) in [7, 11) is 0. The topological polar surface area (TPSA) is 32.3 Å². The van der Waals surface area contributed by atoms with Crippen molar-refractivity contribution in [2.45, 2.75) is 72.5 Å². The highest BCUT2D eigenvalue weighted by Crippen LogP contribution is 2.23. The molecule has 0 spiro atoms. The van der Waals surface area contributed by atoms with Crippen molar-refractivity contribution in [2.75, 3.05) is 6.54 Å². The molecule has 1 N–H and O–H groups in total. The van der Waals surface area contributed by atoms with E-state index in [1.54, 1.807) is 0 Å². The zero-order chi connectivity index (χ0) is 13.7. The summed E-state index contributed by atoms with van der Waals surface area (Å²) in [6.07, 6.45) is 4.64. The Morgan fingerprint density at radius 1 is 1.22 bits per heavy atom. The van der Waals surface area contributed by atoms with Crippen LogP contribution in [0.3, 0.4) is 0 Å². The van der Waals surface area contributed by atoms with Gasteiger partial charge >= 0.3 is 0 Å². The maximum atomic E-state index is 12.5. The molecule has 3 nitrogen and oxygen atoms in total. The molecule has 18 heavy (non-hydrogen) atoms. The van der Waals surface area contributed by atoms with Crippen LogP contribution in [-0.2, 0) is 4.79 Å². The number of hydrogen-bond acceptors (Lipinski definition) is 2. The van der Waals surface area contributed by atoms with Crippen molar-refractivity contribution in [3.8, 4) is 0 Å². The molecule has 1 saturated heterocycles. The molecule has 0 aromatic heterocycles. The minimum Gasteiger partial charge on any atom is -0.326 e. The molecule has 1 aliphatic heterocycles. The maximum Gasteiger partial charge on any atom is 0.241 e. The van der Waals surface area contributed by atoms with Gasteiger partial charge in [0.1, 0.15) is 0 Å². The fourth-order valence-electron chi connectivity index (χ4n) is 2.54. The Hall–Kier alpha value is -0.570. The molecule has 0 saturated carbocycles. The van der Waals surface area contributed by atoms with E-state index in [1.807, 2.05) is 0 Å². The summed E-state index contributed by atoms with van der Waals surface area (Å²) in [6, 6.07) is 0.0376. The van der Waals surface area contributed by atoms with Crippen LogP contribution in [0.15, 0.2) is 0 Å². The number of carbonyl (C=O) groups is 1. The molecule has 1 fully saturated rings. The molecular weight excluding hydrogens is 224 g/mol. The number of carbonyl (C=O) groups excluding carboxylic acids is 1. The molecule has 1 aliphatic rings. The summed E-state index contributed by atoms with van der Waals surface area (Å²) in [5.74, 6) is 1.34. The van der Waals surface area contributed by atoms with Gasteiger partial charge in [0.25, 0.3) is 0 Å². The van der Waals surface area contributed by atoms with E-state index in [0.29, 0.717) is 17.7 Å². The van der Waals surface area contributed by atoms with Crippen molar-refractivity contribution in [3.63, 3.8) is 0 Å². The molecule has 0 aromatic rings. The normalized spacial score (nSPS) is 27.6. The van der Waals surface area contributed by atoms with E-state index in [-0.39, 0.29) is 12.2 Å². The van der Waals surface area contributed by atoms with Crippen molar-refractivity contribution < 1.29 is 4.79 Å². The Morgan fingerprint density at radius 2 is 1.89 bits per heavy atom. The molecular formula is C15H30N2O. The Morgan fingerprint density at radius 3 is 2.39 bits per heavy atom. The predicted octanol–water partition coefficient (Wildman–Crippen LogP) is 3.01. The minimum atomic E-state index is 0.0376. The van der Waals surface area contributed by atoms with E-state index in [9.17, 15) is 4.79 Å². The molecule has 1 heterocycles. The average Bonchev–Trinajstić information content (AvgIpc) is 2.67. The third-order valence-corrected chi connectivity index (χ3v) is 4.28. The summed E-state index contributed by atoms with van der Waals surface area (Å²) in [5, 5.41) is 3.55. The van der Waals surface area contributed by atoms with Crippen molar-refractivity contribution in [2.24, 2.45) is 11.8 Å². The van der Waals surface area contributed by atoms with Crippen molar-refractivity contribution in [1.29, 1.82) is 0 Å². The predicted molar refractivity (Wildman–Crippen MR) is 76.2 cm³/mol. The van der Waals surface area contributed by atoms with E-state index < -0.39 is 0 Å². The molecule has 1 rings (SSSR count). The van der Waals surface area contributed by atoms with Gasteiger partial charge in [-0.1, -0.05) is 53.9 Å². The van der Waals surface area contributed by atoms with E-state index in [0.717, 1.165) is 32.2 Å². The average molecular weight is 254 g/mol. The van der Waals surface area contributed by atoms with E-state index >= 15 is 0 Å². The molecule has 0 bridgehead atoms. The monoisotopic (exact) mass is 254 g/mol. The first-order chi connectivity index (χ1) is 8.54. The Labute approximate surface area is 112 Å². The fraction of sp³-hybridized carbons (Fsp3) is 0.933. The van der Waals surface area contributed by atoms with Crippen LogP contribution in [0, 0.1) is 11.8 Å². The van der Waals surface area contributed by atoms with Gasteiger partial charge in [-0.05, 0) is 18.3 Å². The zero-order valence-corrected chi connectivity index (χ0v) is 12.7. The lowest BCUT2D eigenvalue weighted by Gasteiger charge is -2.26. The standard InChI is InChI=1S/C15H30N2O/c1-6-9-13-16-14(12(5)8-3)15(18)17(13)10-11(4)7-2/h11-14,16H,6-10H2,1-5H3. The number of nitrogens with zero attached hydrogens (tertiary/aromatic N) is 1. The summed E-state index contributed by atoms with van der Waals surface area (Å²) in [4.78, 5) is 14.6. The minimum absolute atomic E-state index is 0.0376. The van der Waals surface area contributed by atoms with Crippen molar-refractivity contribution in [3.05, 3.63) is 0 Å². The Kier molecular flexibility index (Phi) is 6.13. The largest absolute Gasteiger partial charge is 0.326 e. The fourth-order valence-corrected chi connectivity index (χ4v) is 2.54. The van der Waals surface area contributed by atoms with Gasteiger partial charge in [-0.3, -0.25) is 10.1 Å². The van der Waals surface area contributed by atoms with Gasteiger partial charge in [0, 0.05) is 6.54 Å². The van der Waals surface area contributed by atoms with Crippen molar-refractivity contribution >= 4 is 5.91 Å². The molecule has 1 amide bonds. The molecule has 4 atom stereocenters. The van der Waals surface area contributed by atoms with E-state index in [2.05, 4.69) is 44.8 Å². The summed E-state index contributed by atoms with van der Waals surface area (Å²) in [5.41, 5.74) is 0. The highest BCUT2D eigenvalue weighted by Gasteiger charge is 2.40. The zero-order valence-electron chi connectivity index (χ0n) is 12.7. The number of amides is 1. The van der Waals surface area contributed by atoms with Crippen LogP contribution in [0.1, 0.15) is 60.3 Å². The first-order valence-corrected chi connectivity index (χ1v) is 7.61. The van der Waals surface area contributed by atoms with E-state index in [4.69, 9.17) is 0 Å². The third kappa shape index (κ3) is 3.47. The van der Waals surface area contributed by atoms with Crippen LogP contribution in [0.4, 0.5) is 0 Å². The Bertz CT molecular complexity index is 267. The lowest BCUT2D eigenvalue weighted by Crippen LogP contribution is -2.39. The molecule has 4 unspecified atom stereocenters.